The third-order valence-electron chi connectivity index (χ3n) is 2.57. The highest BCUT2D eigenvalue weighted by atomic mass is 16.5. The number of nitrogens with one attached hydrogen (secondary N) is 1. The van der Waals surface area contributed by atoms with E-state index >= 15 is 0 Å². The van der Waals surface area contributed by atoms with Crippen LogP contribution in [0.15, 0.2) is 24.3 Å². The highest BCUT2D eigenvalue weighted by Crippen LogP contribution is 2.18. The van der Waals surface area contributed by atoms with Gasteiger partial charge in [0.25, 0.3) is 11.7 Å². The molecule has 1 aromatic heterocycles. The van der Waals surface area contributed by atoms with Crippen LogP contribution in [-0.2, 0) is 7.05 Å². The van der Waals surface area contributed by atoms with Crippen LogP contribution in [0.3, 0.4) is 0 Å². The lowest BCUT2D eigenvalue weighted by molar-refractivity contribution is 0.101. The van der Waals surface area contributed by atoms with Gasteiger partial charge in [0.1, 0.15) is 5.75 Å². The Morgan fingerprint density at radius 3 is 3.00 bits per heavy atom. The number of nitrogens with zero attached hydrogens (tertiary/aromatic N) is 4. The van der Waals surface area contributed by atoms with E-state index in [-0.39, 0.29) is 5.82 Å². The number of carbonyl (C=O) groups is 1. The number of carbonyl (C=O) groups excluding carboxylic acids is 1. The molecule has 1 aromatic carbocycles. The molecule has 0 unspecified atom stereocenters. The summed E-state index contributed by atoms with van der Waals surface area (Å²) >= 11 is 0. The van der Waals surface area contributed by atoms with E-state index in [0.717, 1.165) is 18.6 Å². The first-order chi connectivity index (χ1) is 9.69. The van der Waals surface area contributed by atoms with Crippen LogP contribution in [0, 0.1) is 0 Å². The molecule has 0 fully saturated rings. The smallest absolute Gasteiger partial charge is 0.297 e. The van der Waals surface area contributed by atoms with Crippen molar-refractivity contribution in [2.75, 3.05) is 11.9 Å². The molecule has 0 atom stereocenters. The number of aromatic nitrogens is 4. The van der Waals surface area contributed by atoms with Gasteiger partial charge in [0, 0.05) is 11.8 Å². The lowest BCUT2D eigenvalue weighted by Gasteiger charge is -2.07. The van der Waals surface area contributed by atoms with Crippen LogP contribution < -0.4 is 10.1 Å². The van der Waals surface area contributed by atoms with Gasteiger partial charge in [0.15, 0.2) is 0 Å². The number of unbranched alkanes of at least 4 members (excludes halogenated alkanes) is 1. The van der Waals surface area contributed by atoms with E-state index in [1.54, 1.807) is 19.2 Å². The Labute approximate surface area is 116 Å². The van der Waals surface area contributed by atoms with Gasteiger partial charge in [0.05, 0.1) is 13.7 Å². The minimum absolute atomic E-state index is 0.0322. The van der Waals surface area contributed by atoms with Crippen LogP contribution in [0.25, 0.3) is 0 Å². The first-order valence-electron chi connectivity index (χ1n) is 6.47. The summed E-state index contributed by atoms with van der Waals surface area (Å²) < 4.78 is 5.58. The second-order valence-electron chi connectivity index (χ2n) is 4.29. The van der Waals surface area contributed by atoms with Crippen molar-refractivity contribution in [3.63, 3.8) is 0 Å². The summed E-state index contributed by atoms with van der Waals surface area (Å²) in [5, 5.41) is 13.8. The molecule has 0 bridgehead atoms. The van der Waals surface area contributed by atoms with Crippen molar-refractivity contribution in [2.24, 2.45) is 7.05 Å². The van der Waals surface area contributed by atoms with E-state index in [4.69, 9.17) is 4.74 Å². The lowest BCUT2D eigenvalue weighted by Crippen LogP contribution is -2.14. The molecule has 106 valence electrons. The minimum Gasteiger partial charge on any atom is -0.494 e. The molecule has 0 aliphatic carbocycles. The topological polar surface area (TPSA) is 81.9 Å². The van der Waals surface area contributed by atoms with Crippen molar-refractivity contribution in [3.8, 4) is 5.75 Å². The molecular formula is C13H17N5O2. The SMILES string of the molecule is CCCCOc1cccc(NC(=O)c2nnn(C)n2)c1. The van der Waals surface area contributed by atoms with Gasteiger partial charge in [-0.3, -0.25) is 4.79 Å². The lowest BCUT2D eigenvalue weighted by atomic mass is 10.3. The van der Waals surface area contributed by atoms with Gasteiger partial charge in [-0.15, -0.1) is 10.2 Å². The summed E-state index contributed by atoms with van der Waals surface area (Å²) in [5.74, 6) is 0.358. The minimum atomic E-state index is -0.399. The van der Waals surface area contributed by atoms with Gasteiger partial charge >= 0.3 is 0 Å². The molecule has 0 saturated heterocycles. The molecule has 0 radical (unpaired) electrons. The number of amides is 1. The summed E-state index contributed by atoms with van der Waals surface area (Å²) in [6, 6.07) is 7.22. The maximum Gasteiger partial charge on any atom is 0.297 e. The molecule has 0 saturated carbocycles. The fourth-order valence-electron chi connectivity index (χ4n) is 1.56. The maximum absolute atomic E-state index is 11.9. The Hall–Kier alpha value is -2.44. The van der Waals surface area contributed by atoms with Gasteiger partial charge in [-0.2, -0.15) is 4.80 Å². The molecule has 2 aromatic rings. The monoisotopic (exact) mass is 275 g/mol. The van der Waals surface area contributed by atoms with Gasteiger partial charge in [-0.05, 0) is 23.8 Å². The zero-order chi connectivity index (χ0) is 14.4. The van der Waals surface area contributed by atoms with E-state index in [9.17, 15) is 4.79 Å². The fraction of sp³-hybridized carbons (Fsp3) is 0.385. The molecule has 20 heavy (non-hydrogen) atoms. The predicted molar refractivity (Wildman–Crippen MR) is 73.6 cm³/mol. The molecule has 0 spiro atoms. The summed E-state index contributed by atoms with van der Waals surface area (Å²) in [6.07, 6.45) is 2.08. The molecule has 7 heteroatoms. The Balaban J connectivity index is 1.98. The molecular weight excluding hydrogens is 258 g/mol. The Bertz CT molecular complexity index is 582. The third-order valence-corrected chi connectivity index (χ3v) is 2.57. The second-order valence-corrected chi connectivity index (χ2v) is 4.29. The maximum atomic E-state index is 11.9. The van der Waals surface area contributed by atoms with Crippen LogP contribution in [0.1, 0.15) is 30.4 Å². The van der Waals surface area contributed by atoms with E-state index in [0.29, 0.717) is 12.3 Å². The molecule has 1 N–H and O–H groups in total. The number of tetrazole rings is 1. The Kier molecular flexibility index (Phi) is 4.65. The fourth-order valence-corrected chi connectivity index (χ4v) is 1.56. The standard InChI is InChI=1S/C13H17N5O2/c1-3-4-8-20-11-7-5-6-10(9-11)14-13(19)12-15-17-18(2)16-12/h5-7,9H,3-4,8H2,1-2H3,(H,14,19). The van der Waals surface area contributed by atoms with Gasteiger partial charge in [-0.1, -0.05) is 19.4 Å². The number of rotatable bonds is 6. The van der Waals surface area contributed by atoms with Crippen LogP contribution in [0.5, 0.6) is 5.75 Å². The van der Waals surface area contributed by atoms with Gasteiger partial charge in [-0.25, -0.2) is 0 Å². The number of aryl methyl sites for hydroxylation is 1. The van der Waals surface area contributed by atoms with Crippen LogP contribution in [-0.4, -0.2) is 32.7 Å². The quantitative estimate of drug-likeness (QED) is 0.810. The number of benzene rings is 1. The number of anilines is 1. The largest absolute Gasteiger partial charge is 0.494 e. The van der Waals surface area contributed by atoms with Crippen molar-refractivity contribution in [2.45, 2.75) is 19.8 Å². The predicted octanol–water partition coefficient (Wildman–Crippen LogP) is 1.64. The number of hydrogen-bond acceptors (Lipinski definition) is 5. The van der Waals surface area contributed by atoms with Crippen molar-refractivity contribution < 1.29 is 9.53 Å². The van der Waals surface area contributed by atoms with Crippen LogP contribution in [0.4, 0.5) is 5.69 Å². The first kappa shape index (κ1) is 14.0. The third kappa shape index (κ3) is 3.78. The normalized spacial score (nSPS) is 10.3. The van der Waals surface area contributed by atoms with E-state index in [1.165, 1.54) is 4.80 Å². The number of hydrogen-bond donors (Lipinski definition) is 1. The zero-order valence-electron chi connectivity index (χ0n) is 11.5. The highest BCUT2D eigenvalue weighted by molar-refractivity contribution is 6.01. The molecule has 7 nitrogen and oxygen atoms in total. The molecule has 0 aliphatic heterocycles. The summed E-state index contributed by atoms with van der Waals surface area (Å²) in [7, 11) is 1.60. The summed E-state index contributed by atoms with van der Waals surface area (Å²) in [4.78, 5) is 13.1. The number of ether oxygens (including phenoxy) is 1. The van der Waals surface area contributed by atoms with Crippen molar-refractivity contribution >= 4 is 11.6 Å². The first-order valence-corrected chi connectivity index (χ1v) is 6.47. The van der Waals surface area contributed by atoms with Crippen molar-refractivity contribution in [1.82, 2.24) is 20.2 Å². The highest BCUT2D eigenvalue weighted by Gasteiger charge is 2.12. The Morgan fingerprint density at radius 1 is 1.45 bits per heavy atom. The molecule has 2 rings (SSSR count). The Morgan fingerprint density at radius 2 is 2.30 bits per heavy atom. The van der Waals surface area contributed by atoms with Crippen LogP contribution in [0.2, 0.25) is 0 Å². The van der Waals surface area contributed by atoms with E-state index in [2.05, 4.69) is 27.7 Å². The molecule has 1 amide bonds. The van der Waals surface area contributed by atoms with Gasteiger partial charge in [0.2, 0.25) is 0 Å². The average Bonchev–Trinajstić information content (AvgIpc) is 2.86. The zero-order valence-corrected chi connectivity index (χ0v) is 11.5. The molecule has 1 heterocycles. The van der Waals surface area contributed by atoms with Crippen molar-refractivity contribution in [1.29, 1.82) is 0 Å². The van der Waals surface area contributed by atoms with E-state index < -0.39 is 5.91 Å². The van der Waals surface area contributed by atoms with Crippen LogP contribution >= 0.6 is 0 Å². The second kappa shape index (κ2) is 6.65. The summed E-state index contributed by atoms with van der Waals surface area (Å²) in [6.45, 7) is 2.77. The molecule has 0 aliphatic rings. The van der Waals surface area contributed by atoms with Crippen molar-refractivity contribution in [3.05, 3.63) is 30.1 Å². The van der Waals surface area contributed by atoms with Gasteiger partial charge < -0.3 is 10.1 Å². The summed E-state index contributed by atoms with van der Waals surface area (Å²) in [5.41, 5.74) is 0.636. The average molecular weight is 275 g/mol. The van der Waals surface area contributed by atoms with E-state index in [1.807, 2.05) is 12.1 Å².